The summed E-state index contributed by atoms with van der Waals surface area (Å²) >= 11 is 0. The molecular weight excluding hydrogens is 536 g/mol. The lowest BCUT2D eigenvalue weighted by Gasteiger charge is -2.32. The van der Waals surface area contributed by atoms with Gasteiger partial charge >= 0.3 is 23.5 Å². The zero-order valence-corrected chi connectivity index (χ0v) is 19.0. The Morgan fingerprint density at radius 2 is 1.85 bits per heavy atom. The molecule has 2 aromatic heterocycles. The van der Waals surface area contributed by atoms with Gasteiger partial charge in [0.05, 0.1) is 19.5 Å². The number of alkyl halides is 1. The van der Waals surface area contributed by atoms with Crippen molar-refractivity contribution in [3.05, 3.63) is 6.33 Å². The quantitative estimate of drug-likeness (QED) is 0.186. The average Bonchev–Trinajstić information content (AvgIpc) is 3.24. The summed E-state index contributed by atoms with van der Waals surface area (Å²) in [5.41, 5.74) is 9.00. The molecule has 9 N–H and O–H groups in total. The highest BCUT2D eigenvalue weighted by Crippen LogP contribution is 2.67. The second kappa shape index (κ2) is 7.94. The number of aromatic nitrogens is 4. The molecule has 190 valence electrons. The average molecular weight is 552 g/mol. The Bertz CT molecular complexity index is 1290. The maximum Gasteiger partial charge on any atom is 0.490 e. The van der Waals surface area contributed by atoms with Crippen molar-refractivity contribution < 1.29 is 65.4 Å². The summed E-state index contributed by atoms with van der Waals surface area (Å²) in [7, 11) is -17.0. The number of halogens is 1. The van der Waals surface area contributed by atoms with E-state index in [1.54, 1.807) is 0 Å². The van der Waals surface area contributed by atoms with E-state index in [0.717, 1.165) is 10.9 Å². The Balaban J connectivity index is 1.56. The van der Waals surface area contributed by atoms with Crippen LogP contribution in [0.2, 0.25) is 0 Å². The maximum atomic E-state index is 15.6. The molecule has 0 aliphatic carbocycles. The second-order valence-corrected chi connectivity index (χ2v) is 11.5. The molecule has 6 atom stereocenters. The predicted octanol–water partition coefficient (Wildman–Crippen LogP) is -1.34. The standard InChI is InChI=1S/C11H16FN6O13P3/c12-11-7(19)10(1-27-11,2-28-33(23,24)31-34(25,26)30-32(20,21)22)29-8(11)18-3-15-4-5(13)16-9(14)17-6(4)18/h3,7-8,19H,1-2H2,(H,23,24)(H,25,26)(H2,20,21,22)(H4,13,14,16,17)/t7-,8-,10-,11-/m1/s1. The van der Waals surface area contributed by atoms with E-state index in [-0.39, 0.29) is 22.9 Å². The molecule has 2 aliphatic rings. The number of nitrogens with two attached hydrogens (primary N) is 2. The Kier molecular flexibility index (Phi) is 5.95. The smallest absolute Gasteiger partial charge is 0.384 e. The summed E-state index contributed by atoms with van der Waals surface area (Å²) in [6, 6.07) is 0. The fourth-order valence-corrected chi connectivity index (χ4v) is 6.46. The highest BCUT2D eigenvalue weighted by atomic mass is 31.3. The van der Waals surface area contributed by atoms with E-state index in [0.29, 0.717) is 0 Å². The van der Waals surface area contributed by atoms with Gasteiger partial charge in [-0.25, -0.2) is 23.1 Å². The lowest BCUT2D eigenvalue weighted by Crippen LogP contribution is -2.45. The molecule has 34 heavy (non-hydrogen) atoms. The molecular formula is C11H16FN6O13P3. The molecule has 0 radical (unpaired) electrons. The minimum Gasteiger partial charge on any atom is -0.384 e. The largest absolute Gasteiger partial charge is 0.490 e. The Morgan fingerprint density at radius 3 is 2.50 bits per heavy atom. The number of ether oxygens (including phenoxy) is 2. The predicted molar refractivity (Wildman–Crippen MR) is 103 cm³/mol. The molecule has 0 amide bonds. The Labute approximate surface area is 186 Å². The van der Waals surface area contributed by atoms with Gasteiger partial charge in [0.2, 0.25) is 5.95 Å². The number of imidazole rings is 1. The number of phosphoric ester groups is 1. The van der Waals surface area contributed by atoms with Gasteiger partial charge in [-0.1, -0.05) is 0 Å². The van der Waals surface area contributed by atoms with Crippen molar-refractivity contribution in [3.8, 4) is 0 Å². The number of hydrogen-bond acceptors (Lipinski definition) is 14. The number of nitrogen functional groups attached to an aromatic ring is 2. The van der Waals surface area contributed by atoms with Crippen LogP contribution in [0.4, 0.5) is 16.2 Å². The van der Waals surface area contributed by atoms with Gasteiger partial charge in [-0.05, 0) is 0 Å². The summed E-state index contributed by atoms with van der Waals surface area (Å²) in [6.45, 7) is -1.88. The first kappa shape index (κ1) is 25.5. The molecule has 2 fully saturated rings. The normalized spacial score (nSPS) is 32.6. The van der Waals surface area contributed by atoms with Crippen LogP contribution >= 0.6 is 23.5 Å². The molecule has 0 saturated carbocycles. The van der Waals surface area contributed by atoms with E-state index in [2.05, 4.69) is 28.1 Å². The molecule has 2 saturated heterocycles. The van der Waals surface area contributed by atoms with Crippen LogP contribution in [0.15, 0.2) is 6.33 Å². The van der Waals surface area contributed by atoms with Gasteiger partial charge in [0.1, 0.15) is 11.1 Å². The lowest BCUT2D eigenvalue weighted by atomic mass is 9.99. The first-order valence-corrected chi connectivity index (χ1v) is 13.2. The molecule has 2 unspecified atom stereocenters. The van der Waals surface area contributed by atoms with Gasteiger partial charge in [0.15, 0.2) is 23.8 Å². The number of fused-ring (bicyclic) bond motifs is 3. The molecule has 0 spiro atoms. The van der Waals surface area contributed by atoms with E-state index in [1.165, 1.54) is 0 Å². The summed E-state index contributed by atoms with van der Waals surface area (Å²) < 4.78 is 72.9. The third-order valence-electron chi connectivity index (χ3n) is 4.70. The maximum absolute atomic E-state index is 15.6. The molecule has 4 heterocycles. The van der Waals surface area contributed by atoms with Crippen molar-refractivity contribution in [2.45, 2.75) is 23.8 Å². The van der Waals surface area contributed by atoms with Crippen LogP contribution in [-0.4, -0.2) is 75.0 Å². The monoisotopic (exact) mass is 552 g/mol. The highest BCUT2D eigenvalue weighted by molar-refractivity contribution is 7.66. The van der Waals surface area contributed by atoms with Crippen molar-refractivity contribution in [2.75, 3.05) is 24.7 Å². The number of aliphatic hydroxyl groups is 1. The minimum atomic E-state index is -5.79. The minimum absolute atomic E-state index is 0.0148. The van der Waals surface area contributed by atoms with Crippen LogP contribution in [0.5, 0.6) is 0 Å². The van der Waals surface area contributed by atoms with Crippen LogP contribution in [0.25, 0.3) is 11.2 Å². The fraction of sp³-hybridized carbons (Fsp3) is 0.545. The first-order valence-electron chi connectivity index (χ1n) is 8.70. The summed E-state index contributed by atoms with van der Waals surface area (Å²) in [4.78, 5) is 47.5. The first-order chi connectivity index (χ1) is 15.5. The van der Waals surface area contributed by atoms with Gasteiger partial charge in [0, 0.05) is 0 Å². The van der Waals surface area contributed by atoms with Crippen LogP contribution in [0.1, 0.15) is 6.23 Å². The number of aliphatic hydroxyl groups excluding tert-OH is 1. The molecule has 4 rings (SSSR count). The third-order valence-corrected chi connectivity index (χ3v) is 8.48. The number of nitrogens with zero attached hydrogens (tertiary/aromatic N) is 4. The zero-order chi connectivity index (χ0) is 25.3. The van der Waals surface area contributed by atoms with Gasteiger partial charge in [-0.15, -0.1) is 0 Å². The van der Waals surface area contributed by atoms with Crippen molar-refractivity contribution in [1.82, 2.24) is 19.5 Å². The molecule has 19 nitrogen and oxygen atoms in total. The van der Waals surface area contributed by atoms with Crippen LogP contribution < -0.4 is 11.5 Å². The molecule has 2 aromatic rings. The number of anilines is 2. The molecule has 0 aromatic carbocycles. The second-order valence-electron chi connectivity index (χ2n) is 7.08. The van der Waals surface area contributed by atoms with E-state index < -0.39 is 60.5 Å². The Hall–Kier alpha value is -1.63. The number of hydrogen-bond donors (Lipinski definition) is 7. The van der Waals surface area contributed by atoms with Gasteiger partial charge in [-0.3, -0.25) is 9.09 Å². The van der Waals surface area contributed by atoms with Gasteiger partial charge in [0.25, 0.3) is 5.85 Å². The van der Waals surface area contributed by atoms with Crippen LogP contribution in [0, 0.1) is 0 Å². The topological polar surface area (TPSA) is 294 Å². The van der Waals surface area contributed by atoms with Crippen LogP contribution in [-0.2, 0) is 36.3 Å². The zero-order valence-electron chi connectivity index (χ0n) is 16.3. The lowest BCUT2D eigenvalue weighted by molar-refractivity contribution is -0.260. The van der Waals surface area contributed by atoms with E-state index >= 15 is 4.39 Å². The van der Waals surface area contributed by atoms with Crippen molar-refractivity contribution in [3.63, 3.8) is 0 Å². The fourth-order valence-electron chi connectivity index (χ4n) is 3.38. The van der Waals surface area contributed by atoms with E-state index in [9.17, 15) is 28.6 Å². The highest BCUT2D eigenvalue weighted by Gasteiger charge is 2.73. The summed E-state index contributed by atoms with van der Waals surface area (Å²) in [5, 5.41) is 10.5. The van der Waals surface area contributed by atoms with Crippen molar-refractivity contribution in [1.29, 1.82) is 0 Å². The van der Waals surface area contributed by atoms with Crippen LogP contribution in [0.3, 0.4) is 0 Å². The number of phosphoric acid groups is 3. The van der Waals surface area contributed by atoms with E-state index in [1.807, 2.05) is 0 Å². The molecule has 2 aliphatic heterocycles. The third kappa shape index (κ3) is 4.49. The summed E-state index contributed by atoms with van der Waals surface area (Å²) in [5.74, 6) is -3.38. The summed E-state index contributed by atoms with van der Waals surface area (Å²) in [6.07, 6.45) is -2.90. The molecule has 2 bridgehead atoms. The van der Waals surface area contributed by atoms with Crippen molar-refractivity contribution >= 4 is 46.4 Å². The Morgan fingerprint density at radius 1 is 1.18 bits per heavy atom. The van der Waals surface area contributed by atoms with Gasteiger partial charge in [-0.2, -0.15) is 18.6 Å². The van der Waals surface area contributed by atoms with Crippen molar-refractivity contribution in [2.24, 2.45) is 0 Å². The van der Waals surface area contributed by atoms with E-state index in [4.69, 9.17) is 30.7 Å². The SMILES string of the molecule is Nc1nc(N)c2ncn([C@@H]3O[C@@]4(COP(=O)(O)OP(=O)(O)OP(=O)(O)O)CO[C@]3(F)[C@@H]4O)c2n1. The number of rotatable bonds is 8. The molecule has 23 heteroatoms. The van der Waals surface area contributed by atoms with Gasteiger partial charge < -0.3 is 45.6 Å².